The highest BCUT2D eigenvalue weighted by atomic mass is 32.1. The van der Waals surface area contributed by atoms with Crippen molar-refractivity contribution < 1.29 is 9.63 Å². The summed E-state index contributed by atoms with van der Waals surface area (Å²) in [6.07, 6.45) is 2.44. The number of hydroxylamine groups is 2. The Hall–Kier alpha value is -0.940. The summed E-state index contributed by atoms with van der Waals surface area (Å²) < 4.78 is 0. The lowest BCUT2D eigenvalue weighted by Gasteiger charge is -2.11. The fourth-order valence-corrected chi connectivity index (χ4v) is 1.64. The summed E-state index contributed by atoms with van der Waals surface area (Å²) in [6.45, 7) is 2.01. The molecule has 0 aliphatic rings. The second-order valence-corrected chi connectivity index (χ2v) is 3.57. The number of aromatic nitrogens is 1. The van der Waals surface area contributed by atoms with Crippen molar-refractivity contribution >= 4 is 17.2 Å². The summed E-state index contributed by atoms with van der Waals surface area (Å²) in [7, 11) is 3.04. The standard InChI is InChI=1S/C8H12N2O2S/c1-4-7-9-5-6(13-7)8(11)10(2)12-3/h5H,4H2,1-3H3. The highest BCUT2D eigenvalue weighted by Crippen LogP contribution is 2.14. The molecular weight excluding hydrogens is 188 g/mol. The lowest BCUT2D eigenvalue weighted by Crippen LogP contribution is -2.24. The van der Waals surface area contributed by atoms with Gasteiger partial charge in [0, 0.05) is 7.05 Å². The Kier molecular flexibility index (Phi) is 3.39. The quantitative estimate of drug-likeness (QED) is 0.691. The summed E-state index contributed by atoms with van der Waals surface area (Å²) in [5.74, 6) is -0.153. The number of aryl methyl sites for hydroxylation is 1. The van der Waals surface area contributed by atoms with E-state index in [0.29, 0.717) is 4.88 Å². The third-order valence-corrected chi connectivity index (χ3v) is 2.76. The zero-order chi connectivity index (χ0) is 9.84. The van der Waals surface area contributed by atoms with Gasteiger partial charge in [-0.05, 0) is 6.42 Å². The van der Waals surface area contributed by atoms with Crippen LogP contribution in [-0.2, 0) is 11.3 Å². The van der Waals surface area contributed by atoms with E-state index >= 15 is 0 Å². The van der Waals surface area contributed by atoms with E-state index in [1.807, 2.05) is 6.92 Å². The molecule has 0 spiro atoms. The van der Waals surface area contributed by atoms with Crippen LogP contribution in [0, 0.1) is 0 Å². The minimum atomic E-state index is -0.153. The fourth-order valence-electron chi connectivity index (χ4n) is 0.811. The number of rotatable bonds is 3. The molecule has 0 saturated carbocycles. The first-order valence-electron chi connectivity index (χ1n) is 3.96. The Balaban J connectivity index is 2.77. The second kappa shape index (κ2) is 4.34. The van der Waals surface area contributed by atoms with E-state index in [-0.39, 0.29) is 5.91 Å². The van der Waals surface area contributed by atoms with Gasteiger partial charge in [-0.3, -0.25) is 9.63 Å². The van der Waals surface area contributed by atoms with Crippen LogP contribution in [-0.4, -0.2) is 30.1 Å². The summed E-state index contributed by atoms with van der Waals surface area (Å²) in [5, 5.41) is 2.15. The molecule has 4 nitrogen and oxygen atoms in total. The van der Waals surface area contributed by atoms with Crippen LogP contribution in [0.4, 0.5) is 0 Å². The molecule has 0 unspecified atom stereocenters. The summed E-state index contributed by atoms with van der Waals surface area (Å²) >= 11 is 1.40. The zero-order valence-corrected chi connectivity index (χ0v) is 8.72. The molecule has 0 atom stereocenters. The van der Waals surface area contributed by atoms with Gasteiger partial charge in [-0.2, -0.15) is 0 Å². The topological polar surface area (TPSA) is 42.4 Å². The highest BCUT2D eigenvalue weighted by molar-refractivity contribution is 7.13. The van der Waals surface area contributed by atoms with Gasteiger partial charge in [0.25, 0.3) is 5.91 Å². The molecule has 0 saturated heterocycles. The van der Waals surface area contributed by atoms with E-state index < -0.39 is 0 Å². The molecule has 0 radical (unpaired) electrons. The number of hydrogen-bond donors (Lipinski definition) is 0. The van der Waals surface area contributed by atoms with Crippen molar-refractivity contribution in [1.82, 2.24) is 10.0 Å². The third-order valence-electron chi connectivity index (χ3n) is 1.63. The number of nitrogens with zero attached hydrogens (tertiary/aromatic N) is 2. The van der Waals surface area contributed by atoms with Crippen LogP contribution in [0.3, 0.4) is 0 Å². The molecule has 0 N–H and O–H groups in total. The molecule has 72 valence electrons. The summed E-state index contributed by atoms with van der Waals surface area (Å²) in [4.78, 5) is 20.9. The van der Waals surface area contributed by atoms with Gasteiger partial charge in [0.1, 0.15) is 4.88 Å². The Morgan fingerprint density at radius 3 is 2.92 bits per heavy atom. The molecule has 1 heterocycles. The van der Waals surface area contributed by atoms with Gasteiger partial charge in [0.05, 0.1) is 18.3 Å². The number of hydrogen-bond acceptors (Lipinski definition) is 4. The minimum absolute atomic E-state index is 0.153. The lowest BCUT2D eigenvalue weighted by molar-refractivity contribution is -0.0754. The van der Waals surface area contributed by atoms with Crippen molar-refractivity contribution in [3.63, 3.8) is 0 Å². The van der Waals surface area contributed by atoms with Gasteiger partial charge in [-0.1, -0.05) is 6.92 Å². The first-order chi connectivity index (χ1) is 6.19. The van der Waals surface area contributed by atoms with Crippen molar-refractivity contribution in [3.8, 4) is 0 Å². The SMILES string of the molecule is CCc1ncc(C(=O)N(C)OC)s1. The van der Waals surface area contributed by atoms with Crippen molar-refractivity contribution in [2.24, 2.45) is 0 Å². The van der Waals surface area contributed by atoms with Crippen LogP contribution in [0.1, 0.15) is 21.6 Å². The van der Waals surface area contributed by atoms with E-state index in [1.165, 1.54) is 23.5 Å². The molecule has 0 aliphatic heterocycles. The largest absolute Gasteiger partial charge is 0.288 e. The fraction of sp³-hybridized carbons (Fsp3) is 0.500. The van der Waals surface area contributed by atoms with Crippen LogP contribution < -0.4 is 0 Å². The monoisotopic (exact) mass is 200 g/mol. The zero-order valence-electron chi connectivity index (χ0n) is 7.90. The van der Waals surface area contributed by atoms with Crippen LogP contribution in [0.2, 0.25) is 0 Å². The maximum Gasteiger partial charge on any atom is 0.288 e. The molecule has 1 aromatic heterocycles. The maximum absolute atomic E-state index is 11.5. The lowest BCUT2D eigenvalue weighted by atomic mass is 10.5. The second-order valence-electron chi connectivity index (χ2n) is 2.46. The first kappa shape index (κ1) is 10.1. The molecule has 0 aliphatic carbocycles. The van der Waals surface area contributed by atoms with Crippen molar-refractivity contribution in [2.75, 3.05) is 14.2 Å². The van der Waals surface area contributed by atoms with E-state index in [9.17, 15) is 4.79 Å². The predicted octanol–water partition coefficient (Wildman–Crippen LogP) is 1.34. The number of amides is 1. The van der Waals surface area contributed by atoms with Gasteiger partial charge in [0.2, 0.25) is 0 Å². The van der Waals surface area contributed by atoms with E-state index in [0.717, 1.165) is 11.4 Å². The Labute approximate surface area is 81.1 Å². The van der Waals surface area contributed by atoms with Crippen LogP contribution in [0.15, 0.2) is 6.20 Å². The van der Waals surface area contributed by atoms with E-state index in [2.05, 4.69) is 4.98 Å². The molecule has 0 bridgehead atoms. The van der Waals surface area contributed by atoms with Gasteiger partial charge in [-0.25, -0.2) is 10.0 Å². The Bertz CT molecular complexity index is 298. The molecule has 0 fully saturated rings. The Morgan fingerprint density at radius 1 is 1.77 bits per heavy atom. The van der Waals surface area contributed by atoms with E-state index in [4.69, 9.17) is 4.84 Å². The van der Waals surface area contributed by atoms with E-state index in [1.54, 1.807) is 13.2 Å². The van der Waals surface area contributed by atoms with Gasteiger partial charge in [-0.15, -0.1) is 11.3 Å². The molecule has 1 amide bonds. The molecular formula is C8H12N2O2S. The van der Waals surface area contributed by atoms with Crippen molar-refractivity contribution in [3.05, 3.63) is 16.1 Å². The number of carbonyl (C=O) groups is 1. The molecule has 0 aromatic carbocycles. The van der Waals surface area contributed by atoms with Crippen LogP contribution in [0.5, 0.6) is 0 Å². The normalized spacial score (nSPS) is 10.1. The highest BCUT2D eigenvalue weighted by Gasteiger charge is 2.13. The third kappa shape index (κ3) is 2.26. The number of thiazole rings is 1. The average molecular weight is 200 g/mol. The summed E-state index contributed by atoms with van der Waals surface area (Å²) in [6, 6.07) is 0. The first-order valence-corrected chi connectivity index (χ1v) is 4.77. The Morgan fingerprint density at radius 2 is 2.46 bits per heavy atom. The van der Waals surface area contributed by atoms with Crippen LogP contribution in [0.25, 0.3) is 0 Å². The van der Waals surface area contributed by atoms with Gasteiger partial charge in [0.15, 0.2) is 0 Å². The predicted molar refractivity (Wildman–Crippen MR) is 50.6 cm³/mol. The molecule has 1 aromatic rings. The minimum Gasteiger partial charge on any atom is -0.274 e. The van der Waals surface area contributed by atoms with Gasteiger partial charge < -0.3 is 0 Å². The summed E-state index contributed by atoms with van der Waals surface area (Å²) in [5.41, 5.74) is 0. The average Bonchev–Trinajstić information content (AvgIpc) is 2.63. The van der Waals surface area contributed by atoms with Crippen LogP contribution >= 0.6 is 11.3 Å². The van der Waals surface area contributed by atoms with Crippen molar-refractivity contribution in [2.45, 2.75) is 13.3 Å². The smallest absolute Gasteiger partial charge is 0.274 e. The number of carbonyl (C=O) groups excluding carboxylic acids is 1. The van der Waals surface area contributed by atoms with Gasteiger partial charge >= 0.3 is 0 Å². The van der Waals surface area contributed by atoms with Crippen molar-refractivity contribution in [1.29, 1.82) is 0 Å². The molecule has 13 heavy (non-hydrogen) atoms. The maximum atomic E-state index is 11.5. The molecule has 1 rings (SSSR count). The molecule has 5 heteroatoms.